The van der Waals surface area contributed by atoms with Crippen LogP contribution in [-0.4, -0.2) is 19.5 Å². The Morgan fingerprint density at radius 1 is 0.397 bits per heavy atom. The van der Waals surface area contributed by atoms with E-state index in [9.17, 15) is 0 Å². The summed E-state index contributed by atoms with van der Waals surface area (Å²) in [4.78, 5) is 15.8. The van der Waals surface area contributed by atoms with Crippen LogP contribution in [0, 0.1) is 0 Å². The van der Waals surface area contributed by atoms with Gasteiger partial charge in [0, 0.05) is 43.9 Å². The van der Waals surface area contributed by atoms with E-state index in [1.165, 1.54) is 0 Å². The third-order valence-electron chi connectivity index (χ3n) is 11.1. The van der Waals surface area contributed by atoms with Gasteiger partial charge in [-0.2, -0.15) is 0 Å². The van der Waals surface area contributed by atoms with E-state index in [1.807, 2.05) is 84.9 Å². The van der Waals surface area contributed by atoms with Crippen LogP contribution in [-0.2, 0) is 0 Å². The fraction of sp³-hybridized carbons (Fsp3) is 0. The first-order chi connectivity index (χ1) is 30.8. The first-order valence-electron chi connectivity index (χ1n) is 21.6. The SMILES string of the molecule is [2H]c1c([2H])c([2H])c(-c2cccc3c2oc2c(-c4nc(-c5ccccc5)nc(-c5cc6ccccc6c6ccccc56)n4)cc(-n4c5ccccc5c5ccccc54)cc23)c([2H])c1[2H]. The van der Waals surface area contributed by atoms with Gasteiger partial charge in [0.05, 0.1) is 23.5 Å². The molecule has 0 aliphatic carbocycles. The Balaban J connectivity index is 1.22. The average Bonchev–Trinajstić information content (AvgIpc) is 3.89. The number of fused-ring (bicyclic) bond motifs is 9. The van der Waals surface area contributed by atoms with Crippen LogP contribution in [0.2, 0.25) is 0 Å². The summed E-state index contributed by atoms with van der Waals surface area (Å²) in [5.74, 6) is 1.36. The Morgan fingerprint density at radius 3 is 1.74 bits per heavy atom. The van der Waals surface area contributed by atoms with Crippen LogP contribution in [0.3, 0.4) is 0 Å². The van der Waals surface area contributed by atoms with Gasteiger partial charge in [-0.25, -0.2) is 15.0 Å². The lowest BCUT2D eigenvalue weighted by atomic mass is 9.97. The molecule has 12 aromatic rings. The van der Waals surface area contributed by atoms with Gasteiger partial charge in [-0.15, -0.1) is 0 Å². The van der Waals surface area contributed by atoms with E-state index in [0.717, 1.165) is 65.6 Å². The Hall–Kier alpha value is -7.89. The zero-order valence-corrected chi connectivity index (χ0v) is 30.8. The number of para-hydroxylation sites is 3. The van der Waals surface area contributed by atoms with Gasteiger partial charge in [0.2, 0.25) is 0 Å². The standard InChI is InChI=1S/C53H32N4O/c1-3-16-33(17-4-1)38-26-15-27-43-44-31-36(57-47-28-13-11-24-41(47)42-25-12-14-29-48(42)57)32-46(50(44)58-49(38)43)53-55-51(34-18-5-2-6-19-34)54-52(56-53)45-30-35-20-7-8-21-37(35)39-22-9-10-23-40(39)45/h1-32H/i1D,3D,4D,16D,17D. The molecule has 0 saturated heterocycles. The van der Waals surface area contributed by atoms with E-state index in [1.54, 1.807) is 6.07 Å². The molecule has 0 aliphatic heterocycles. The number of furan rings is 1. The molecule has 0 bridgehead atoms. The van der Waals surface area contributed by atoms with E-state index in [-0.39, 0.29) is 17.6 Å². The molecule has 3 heterocycles. The van der Waals surface area contributed by atoms with Crippen LogP contribution in [0.4, 0.5) is 0 Å². The Labute approximate surface area is 340 Å². The second kappa shape index (κ2) is 12.8. The van der Waals surface area contributed by atoms with Gasteiger partial charge >= 0.3 is 0 Å². The van der Waals surface area contributed by atoms with Crippen molar-refractivity contribution in [3.05, 3.63) is 194 Å². The zero-order chi connectivity index (χ0) is 42.5. The first kappa shape index (κ1) is 27.7. The van der Waals surface area contributed by atoms with Gasteiger partial charge in [0.15, 0.2) is 17.5 Å². The number of rotatable bonds is 5. The molecular weight excluding hydrogens is 709 g/mol. The molecular formula is C53H32N4O. The van der Waals surface area contributed by atoms with Crippen LogP contribution in [0.25, 0.3) is 116 Å². The molecule has 0 aliphatic rings. The van der Waals surface area contributed by atoms with E-state index >= 15 is 0 Å². The molecule has 9 aromatic carbocycles. The van der Waals surface area contributed by atoms with Crippen molar-refractivity contribution in [1.29, 1.82) is 0 Å². The fourth-order valence-electron chi connectivity index (χ4n) is 8.53. The van der Waals surface area contributed by atoms with Crippen molar-refractivity contribution in [2.75, 3.05) is 0 Å². The monoisotopic (exact) mass is 745 g/mol. The van der Waals surface area contributed by atoms with Crippen molar-refractivity contribution in [2.45, 2.75) is 0 Å². The van der Waals surface area contributed by atoms with Crippen molar-refractivity contribution < 1.29 is 11.3 Å². The predicted octanol–water partition coefficient (Wildman–Crippen LogP) is 13.8. The third-order valence-corrected chi connectivity index (χ3v) is 11.1. The largest absolute Gasteiger partial charge is 0.455 e. The predicted molar refractivity (Wildman–Crippen MR) is 238 cm³/mol. The summed E-state index contributed by atoms with van der Waals surface area (Å²) in [5, 5.41) is 7.93. The minimum absolute atomic E-state index is 0.0619. The molecule has 3 aromatic heterocycles. The molecule has 270 valence electrons. The summed E-state index contributed by atoms with van der Waals surface area (Å²) < 4.78 is 52.3. The number of nitrogens with zero attached hydrogens (tertiary/aromatic N) is 4. The highest BCUT2D eigenvalue weighted by Gasteiger charge is 2.23. The molecule has 0 radical (unpaired) electrons. The zero-order valence-electron chi connectivity index (χ0n) is 35.8. The van der Waals surface area contributed by atoms with Gasteiger partial charge in [-0.3, -0.25) is 0 Å². The summed E-state index contributed by atoms with van der Waals surface area (Å²) in [6.45, 7) is 0. The van der Waals surface area contributed by atoms with Crippen LogP contribution < -0.4 is 0 Å². The van der Waals surface area contributed by atoms with E-state index < -0.39 is 18.1 Å². The molecule has 5 heteroatoms. The quantitative estimate of drug-likeness (QED) is 0.165. The maximum atomic E-state index is 8.92. The van der Waals surface area contributed by atoms with Crippen molar-refractivity contribution in [2.24, 2.45) is 0 Å². The number of aromatic nitrogens is 4. The van der Waals surface area contributed by atoms with Crippen molar-refractivity contribution in [3.8, 4) is 51.0 Å². The highest BCUT2D eigenvalue weighted by Crippen LogP contribution is 2.43. The summed E-state index contributed by atoms with van der Waals surface area (Å²) in [6.07, 6.45) is 0. The molecule has 0 atom stereocenters. The second-order valence-corrected chi connectivity index (χ2v) is 14.4. The minimum Gasteiger partial charge on any atom is -0.455 e. The lowest BCUT2D eigenvalue weighted by molar-refractivity contribution is 0.670. The number of benzene rings is 9. The first-order valence-corrected chi connectivity index (χ1v) is 19.1. The van der Waals surface area contributed by atoms with Crippen LogP contribution in [0.1, 0.15) is 6.85 Å². The summed E-state index contributed by atoms with van der Waals surface area (Å²) in [6, 6.07) is 53.0. The maximum Gasteiger partial charge on any atom is 0.167 e. The van der Waals surface area contributed by atoms with Gasteiger partial charge in [-0.05, 0) is 57.4 Å². The van der Waals surface area contributed by atoms with Crippen molar-refractivity contribution >= 4 is 65.3 Å². The number of hydrogen-bond acceptors (Lipinski definition) is 4. The second-order valence-electron chi connectivity index (χ2n) is 14.4. The topological polar surface area (TPSA) is 56.7 Å². The lowest BCUT2D eigenvalue weighted by Crippen LogP contribution is -2.02. The van der Waals surface area contributed by atoms with E-state index in [4.69, 9.17) is 26.2 Å². The summed E-state index contributed by atoms with van der Waals surface area (Å²) >= 11 is 0. The highest BCUT2D eigenvalue weighted by atomic mass is 16.3. The van der Waals surface area contributed by atoms with Gasteiger partial charge < -0.3 is 8.98 Å². The fourth-order valence-corrected chi connectivity index (χ4v) is 8.53. The smallest absolute Gasteiger partial charge is 0.167 e. The van der Waals surface area contributed by atoms with E-state index in [0.29, 0.717) is 45.2 Å². The van der Waals surface area contributed by atoms with Gasteiger partial charge in [0.1, 0.15) is 11.2 Å². The van der Waals surface area contributed by atoms with Crippen molar-refractivity contribution in [3.63, 3.8) is 0 Å². The molecule has 12 rings (SSSR count). The van der Waals surface area contributed by atoms with Crippen molar-refractivity contribution in [1.82, 2.24) is 19.5 Å². The Bertz CT molecular complexity index is 3800. The molecule has 0 spiro atoms. The lowest BCUT2D eigenvalue weighted by Gasteiger charge is -2.14. The Morgan fingerprint density at radius 2 is 0.983 bits per heavy atom. The van der Waals surface area contributed by atoms with Gasteiger partial charge in [0.25, 0.3) is 0 Å². The molecule has 5 nitrogen and oxygen atoms in total. The normalized spacial score (nSPS) is 13.0. The average molecular weight is 746 g/mol. The van der Waals surface area contributed by atoms with E-state index in [2.05, 4.69) is 77.4 Å². The third kappa shape index (κ3) is 5.00. The molecule has 0 fully saturated rings. The van der Waals surface area contributed by atoms with Gasteiger partial charge in [-0.1, -0.05) is 164 Å². The molecule has 58 heavy (non-hydrogen) atoms. The van der Waals surface area contributed by atoms with Crippen LogP contribution >= 0.6 is 0 Å². The summed E-state index contributed by atoms with van der Waals surface area (Å²) in [7, 11) is 0. The van der Waals surface area contributed by atoms with Crippen LogP contribution in [0.15, 0.2) is 198 Å². The Kier molecular flexibility index (Phi) is 6.12. The highest BCUT2D eigenvalue weighted by molar-refractivity contribution is 6.16. The maximum absolute atomic E-state index is 8.92. The number of hydrogen-bond donors (Lipinski definition) is 0. The molecule has 0 N–H and O–H groups in total. The minimum atomic E-state index is -0.456. The molecule has 0 unspecified atom stereocenters. The molecule has 0 amide bonds. The summed E-state index contributed by atoms with van der Waals surface area (Å²) in [5.41, 5.74) is 6.44. The molecule has 0 saturated carbocycles. The van der Waals surface area contributed by atoms with Crippen LogP contribution in [0.5, 0.6) is 0 Å².